The highest BCUT2D eigenvalue weighted by atomic mass is 32.2. The summed E-state index contributed by atoms with van der Waals surface area (Å²) in [5.74, 6) is -1.63. The van der Waals surface area contributed by atoms with Crippen LogP contribution in [0.25, 0.3) is 0 Å². The summed E-state index contributed by atoms with van der Waals surface area (Å²) < 4.78 is 24.1. The van der Waals surface area contributed by atoms with E-state index in [4.69, 9.17) is 0 Å². The van der Waals surface area contributed by atoms with Crippen molar-refractivity contribution in [2.45, 2.75) is 19.6 Å². The van der Waals surface area contributed by atoms with Gasteiger partial charge in [-0.3, -0.25) is 9.59 Å². The maximum atomic E-state index is 12.0. The minimum atomic E-state index is -3.58. The summed E-state index contributed by atoms with van der Waals surface area (Å²) in [5.41, 5.74) is 1.15. The number of anilines is 1. The summed E-state index contributed by atoms with van der Waals surface area (Å²) >= 11 is 1.04. The Morgan fingerprint density at radius 2 is 1.87 bits per heavy atom. The van der Waals surface area contributed by atoms with Crippen LogP contribution in [-0.2, 0) is 20.4 Å². The molecule has 2 aromatic rings. The summed E-state index contributed by atoms with van der Waals surface area (Å²) in [6.45, 7) is 3.07. The first-order valence-electron chi connectivity index (χ1n) is 6.79. The summed E-state index contributed by atoms with van der Waals surface area (Å²) in [6, 6.07) is 8.66. The highest BCUT2D eigenvalue weighted by molar-refractivity contribution is 7.91. The standard InChI is InChI=1S/C15H16N2O4S2/c1-10-14(11(2)18)22-15(16-10)17-13(19)9-23(20,21)8-12-6-4-3-5-7-12/h3-7H,8-9H2,1-2H3,(H,16,17,19). The number of amides is 1. The zero-order chi connectivity index (χ0) is 17.0. The molecule has 0 saturated heterocycles. The molecule has 0 aliphatic carbocycles. The zero-order valence-corrected chi connectivity index (χ0v) is 14.3. The number of carbonyl (C=O) groups is 2. The Hall–Kier alpha value is -2.06. The first-order valence-corrected chi connectivity index (χ1v) is 9.43. The molecule has 23 heavy (non-hydrogen) atoms. The maximum Gasteiger partial charge on any atom is 0.241 e. The van der Waals surface area contributed by atoms with Gasteiger partial charge in [0, 0.05) is 6.92 Å². The molecule has 1 aromatic heterocycles. The number of nitrogens with one attached hydrogen (secondary N) is 1. The molecule has 0 aliphatic heterocycles. The average molecular weight is 352 g/mol. The molecule has 8 heteroatoms. The Morgan fingerprint density at radius 3 is 2.43 bits per heavy atom. The minimum Gasteiger partial charge on any atom is -0.301 e. The number of rotatable bonds is 6. The molecular formula is C15H16N2O4S2. The number of benzene rings is 1. The third-order valence-electron chi connectivity index (χ3n) is 2.94. The van der Waals surface area contributed by atoms with E-state index in [1.165, 1.54) is 6.92 Å². The molecular weight excluding hydrogens is 336 g/mol. The topological polar surface area (TPSA) is 93.2 Å². The highest BCUT2D eigenvalue weighted by Crippen LogP contribution is 2.22. The van der Waals surface area contributed by atoms with E-state index < -0.39 is 21.5 Å². The van der Waals surface area contributed by atoms with Crippen LogP contribution in [0, 0.1) is 6.92 Å². The highest BCUT2D eigenvalue weighted by Gasteiger charge is 2.19. The Morgan fingerprint density at radius 1 is 1.22 bits per heavy atom. The van der Waals surface area contributed by atoms with Gasteiger partial charge in [-0.25, -0.2) is 13.4 Å². The molecule has 2 rings (SSSR count). The maximum absolute atomic E-state index is 12.0. The van der Waals surface area contributed by atoms with Gasteiger partial charge in [-0.2, -0.15) is 0 Å². The van der Waals surface area contributed by atoms with Crippen molar-refractivity contribution in [3.8, 4) is 0 Å². The van der Waals surface area contributed by atoms with Crippen LogP contribution in [0.2, 0.25) is 0 Å². The molecule has 0 aliphatic rings. The largest absolute Gasteiger partial charge is 0.301 e. The number of hydrogen-bond acceptors (Lipinski definition) is 6. The number of ketones is 1. The van der Waals surface area contributed by atoms with E-state index in [0.29, 0.717) is 16.1 Å². The van der Waals surface area contributed by atoms with Gasteiger partial charge in [0.25, 0.3) is 0 Å². The summed E-state index contributed by atoms with van der Waals surface area (Å²) in [7, 11) is -3.58. The zero-order valence-electron chi connectivity index (χ0n) is 12.7. The van der Waals surface area contributed by atoms with E-state index in [1.807, 2.05) is 0 Å². The van der Waals surface area contributed by atoms with Gasteiger partial charge in [-0.1, -0.05) is 41.7 Å². The van der Waals surface area contributed by atoms with Gasteiger partial charge >= 0.3 is 0 Å². The Balaban J connectivity index is 2.01. The van der Waals surface area contributed by atoms with E-state index in [-0.39, 0.29) is 16.7 Å². The molecule has 0 fully saturated rings. The van der Waals surface area contributed by atoms with Gasteiger partial charge in [-0.15, -0.1) is 0 Å². The first-order chi connectivity index (χ1) is 10.8. The van der Waals surface area contributed by atoms with Gasteiger partial charge < -0.3 is 5.32 Å². The Kier molecular flexibility index (Phi) is 5.27. The molecule has 0 radical (unpaired) electrons. The van der Waals surface area contributed by atoms with E-state index in [2.05, 4.69) is 10.3 Å². The molecule has 0 saturated carbocycles. The van der Waals surface area contributed by atoms with Gasteiger partial charge in [0.1, 0.15) is 5.75 Å². The quantitative estimate of drug-likeness (QED) is 0.805. The first kappa shape index (κ1) is 17.3. The fourth-order valence-corrected chi connectivity index (χ4v) is 4.16. The number of aryl methyl sites for hydroxylation is 1. The van der Waals surface area contributed by atoms with Gasteiger partial charge in [0.2, 0.25) is 5.91 Å². The van der Waals surface area contributed by atoms with Crippen LogP contribution in [-0.4, -0.2) is 30.8 Å². The van der Waals surface area contributed by atoms with Crippen molar-refractivity contribution in [2.24, 2.45) is 0 Å². The van der Waals surface area contributed by atoms with E-state index in [9.17, 15) is 18.0 Å². The second-order valence-corrected chi connectivity index (χ2v) is 8.12. The number of hydrogen-bond donors (Lipinski definition) is 1. The molecule has 0 spiro atoms. The lowest BCUT2D eigenvalue weighted by atomic mass is 10.2. The van der Waals surface area contributed by atoms with Crippen molar-refractivity contribution >= 4 is 38.0 Å². The van der Waals surface area contributed by atoms with Crippen molar-refractivity contribution in [2.75, 3.05) is 11.1 Å². The number of Topliss-reactive ketones (excluding diaryl/α,β-unsaturated/α-hetero) is 1. The van der Waals surface area contributed by atoms with Gasteiger partial charge in [0.15, 0.2) is 20.8 Å². The van der Waals surface area contributed by atoms with Crippen LogP contribution in [0.5, 0.6) is 0 Å². The normalized spacial score (nSPS) is 11.2. The molecule has 1 N–H and O–H groups in total. The predicted molar refractivity (Wildman–Crippen MR) is 89.4 cm³/mol. The summed E-state index contributed by atoms with van der Waals surface area (Å²) in [4.78, 5) is 27.8. The van der Waals surface area contributed by atoms with Crippen LogP contribution in [0.4, 0.5) is 5.13 Å². The number of aromatic nitrogens is 1. The van der Waals surface area contributed by atoms with Crippen molar-refractivity contribution in [1.29, 1.82) is 0 Å². The Bertz CT molecular complexity index is 826. The summed E-state index contributed by atoms with van der Waals surface area (Å²) in [6.07, 6.45) is 0. The Labute approximate surface area is 138 Å². The SMILES string of the molecule is CC(=O)c1sc(NC(=O)CS(=O)(=O)Cc2ccccc2)nc1C. The lowest BCUT2D eigenvalue weighted by Gasteiger charge is -2.04. The number of sulfone groups is 1. The molecule has 6 nitrogen and oxygen atoms in total. The number of nitrogens with zero attached hydrogens (tertiary/aromatic N) is 1. The monoisotopic (exact) mass is 352 g/mol. The van der Waals surface area contributed by atoms with Crippen molar-refractivity contribution in [1.82, 2.24) is 4.98 Å². The van der Waals surface area contributed by atoms with Crippen molar-refractivity contribution in [3.63, 3.8) is 0 Å². The molecule has 0 unspecified atom stereocenters. The molecule has 0 bridgehead atoms. The molecule has 122 valence electrons. The summed E-state index contributed by atoms with van der Waals surface area (Å²) in [5, 5.41) is 2.67. The molecule has 0 atom stereocenters. The fourth-order valence-electron chi connectivity index (χ4n) is 2.01. The van der Waals surface area contributed by atoms with Gasteiger partial charge in [-0.05, 0) is 12.5 Å². The number of carbonyl (C=O) groups excluding carboxylic acids is 2. The lowest BCUT2D eigenvalue weighted by Crippen LogP contribution is -2.23. The van der Waals surface area contributed by atoms with Crippen molar-refractivity contribution < 1.29 is 18.0 Å². The third kappa shape index (κ3) is 4.97. The van der Waals surface area contributed by atoms with E-state index >= 15 is 0 Å². The third-order valence-corrected chi connectivity index (χ3v) is 5.59. The minimum absolute atomic E-state index is 0.141. The van der Waals surface area contributed by atoms with Crippen molar-refractivity contribution in [3.05, 3.63) is 46.5 Å². The lowest BCUT2D eigenvalue weighted by molar-refractivity contribution is -0.113. The second kappa shape index (κ2) is 7.01. The van der Waals surface area contributed by atoms with E-state index in [0.717, 1.165) is 11.3 Å². The van der Waals surface area contributed by atoms with E-state index in [1.54, 1.807) is 37.3 Å². The molecule has 1 aromatic carbocycles. The molecule has 1 amide bonds. The van der Waals surface area contributed by atoms with Crippen LogP contribution in [0.1, 0.15) is 27.9 Å². The number of thiazole rings is 1. The molecule has 1 heterocycles. The fraction of sp³-hybridized carbons (Fsp3) is 0.267. The van der Waals surface area contributed by atoms with Crippen LogP contribution in [0.3, 0.4) is 0 Å². The average Bonchev–Trinajstić information content (AvgIpc) is 2.79. The second-order valence-electron chi connectivity index (χ2n) is 5.06. The smallest absolute Gasteiger partial charge is 0.241 e. The van der Waals surface area contributed by atoms with Gasteiger partial charge in [0.05, 0.1) is 16.3 Å². The predicted octanol–water partition coefficient (Wildman–Crippen LogP) is 2.21. The van der Waals surface area contributed by atoms with Crippen LogP contribution >= 0.6 is 11.3 Å². The van der Waals surface area contributed by atoms with Crippen LogP contribution in [0.15, 0.2) is 30.3 Å². The van der Waals surface area contributed by atoms with Crippen LogP contribution < -0.4 is 5.32 Å².